The van der Waals surface area contributed by atoms with Gasteiger partial charge in [0.15, 0.2) is 4.91 Å². The summed E-state index contributed by atoms with van der Waals surface area (Å²) < 4.78 is 28.0. The van der Waals surface area contributed by atoms with Crippen LogP contribution in [0.1, 0.15) is 33.3 Å². The first-order valence-electron chi connectivity index (χ1n) is 8.73. The van der Waals surface area contributed by atoms with Gasteiger partial charge in [-0.3, -0.25) is 0 Å². The topological polar surface area (TPSA) is 103 Å². The number of carbonyl (C=O) groups is 2. The molecule has 0 spiro atoms. The molecule has 28 heavy (non-hydrogen) atoms. The molecule has 0 saturated carbocycles. The summed E-state index contributed by atoms with van der Waals surface area (Å²) in [5, 5.41) is 5.83. The number of rotatable bonds is 6. The zero-order valence-corrected chi connectivity index (χ0v) is 17.7. The summed E-state index contributed by atoms with van der Waals surface area (Å²) in [6.07, 6.45) is -0.541. The molecule has 1 heterocycles. The number of alkyl carbamates (subject to hydrolysis) is 1. The third kappa shape index (κ3) is 5.03. The van der Waals surface area contributed by atoms with Crippen molar-refractivity contribution in [3.8, 4) is 5.75 Å². The number of esters is 1. The van der Waals surface area contributed by atoms with Crippen molar-refractivity contribution in [2.75, 3.05) is 20.8 Å². The molecular formula is C19H26N2O6S. The van der Waals surface area contributed by atoms with Crippen molar-refractivity contribution in [2.24, 2.45) is 0 Å². The molecule has 1 aromatic rings. The highest BCUT2D eigenvalue weighted by atomic mass is 32.2. The Kier molecular flexibility index (Phi) is 6.71. The second-order valence-corrected chi connectivity index (χ2v) is 8.64. The van der Waals surface area contributed by atoms with Crippen molar-refractivity contribution in [3.63, 3.8) is 0 Å². The van der Waals surface area contributed by atoms with Crippen LogP contribution in [0.15, 0.2) is 28.0 Å². The number of hydrogen-bond acceptors (Lipinski definition) is 7. The normalized spacial score (nSPS) is 16.9. The summed E-state index contributed by atoms with van der Waals surface area (Å²) in [5.74, 6) is -0.107. The molecule has 0 saturated heterocycles. The molecule has 0 aromatic heterocycles. The van der Waals surface area contributed by atoms with E-state index in [-0.39, 0.29) is 17.5 Å². The fraction of sp³-hybridized carbons (Fsp3) is 0.474. The number of hydrogen-bond donors (Lipinski definition) is 2. The highest BCUT2D eigenvalue weighted by Gasteiger charge is 2.34. The monoisotopic (exact) mass is 410 g/mol. The van der Waals surface area contributed by atoms with Gasteiger partial charge in [-0.1, -0.05) is 0 Å². The molecule has 0 aliphatic carbocycles. The van der Waals surface area contributed by atoms with Crippen molar-refractivity contribution in [2.45, 2.75) is 44.2 Å². The van der Waals surface area contributed by atoms with E-state index < -0.39 is 28.5 Å². The maximum absolute atomic E-state index is 12.8. The highest BCUT2D eigenvalue weighted by molar-refractivity contribution is 7.90. The molecule has 154 valence electrons. The standard InChI is InChI=1S/C19H26N2O6S/c1-11(21-18(23)27-19(2,3)4)10-20-15-13-9-12(25-5)7-8-14(13)28(24)16(15)17(22)26-6/h7-9,11,20H,10H2,1-6H3,(H,21,23). The Morgan fingerprint density at radius 3 is 2.46 bits per heavy atom. The van der Waals surface area contributed by atoms with Crippen molar-refractivity contribution in [3.05, 3.63) is 28.7 Å². The minimum Gasteiger partial charge on any atom is -0.497 e. The van der Waals surface area contributed by atoms with Crippen LogP contribution in [0.4, 0.5) is 4.79 Å². The van der Waals surface area contributed by atoms with Crippen LogP contribution >= 0.6 is 0 Å². The van der Waals surface area contributed by atoms with Crippen LogP contribution in [0.25, 0.3) is 5.70 Å². The smallest absolute Gasteiger partial charge is 0.407 e. The van der Waals surface area contributed by atoms with Gasteiger partial charge in [0.25, 0.3) is 0 Å². The number of methoxy groups -OCH3 is 2. The molecule has 1 aliphatic heterocycles. The van der Waals surface area contributed by atoms with E-state index in [0.29, 0.717) is 21.9 Å². The van der Waals surface area contributed by atoms with Gasteiger partial charge in [0.05, 0.1) is 35.6 Å². The lowest BCUT2D eigenvalue weighted by molar-refractivity contribution is -0.135. The lowest BCUT2D eigenvalue weighted by Crippen LogP contribution is -2.42. The molecule has 2 atom stereocenters. The van der Waals surface area contributed by atoms with Crippen LogP contribution < -0.4 is 15.4 Å². The summed E-state index contributed by atoms with van der Waals surface area (Å²) in [5.41, 5.74) is 0.398. The van der Waals surface area contributed by atoms with Gasteiger partial charge < -0.3 is 24.8 Å². The molecule has 1 aromatic carbocycles. The van der Waals surface area contributed by atoms with E-state index in [0.717, 1.165) is 0 Å². The molecule has 9 heteroatoms. The third-order valence-electron chi connectivity index (χ3n) is 3.79. The molecule has 1 aliphatic rings. The minimum absolute atomic E-state index is 0.0372. The van der Waals surface area contributed by atoms with E-state index >= 15 is 0 Å². The summed E-state index contributed by atoms with van der Waals surface area (Å²) >= 11 is 0. The Labute approximate surface area is 167 Å². The highest BCUT2D eigenvalue weighted by Crippen LogP contribution is 2.37. The van der Waals surface area contributed by atoms with Crippen molar-refractivity contribution >= 4 is 28.6 Å². The van der Waals surface area contributed by atoms with Gasteiger partial charge >= 0.3 is 12.1 Å². The Morgan fingerprint density at radius 2 is 1.89 bits per heavy atom. The van der Waals surface area contributed by atoms with Gasteiger partial charge in [-0.15, -0.1) is 0 Å². The van der Waals surface area contributed by atoms with E-state index in [1.807, 2.05) is 0 Å². The average molecular weight is 410 g/mol. The zero-order valence-electron chi connectivity index (χ0n) is 16.9. The maximum atomic E-state index is 12.8. The summed E-state index contributed by atoms with van der Waals surface area (Å²) in [7, 11) is 1.09. The fourth-order valence-electron chi connectivity index (χ4n) is 2.58. The molecule has 0 radical (unpaired) electrons. The van der Waals surface area contributed by atoms with Gasteiger partial charge in [0.2, 0.25) is 0 Å². The van der Waals surface area contributed by atoms with Gasteiger partial charge in [0, 0.05) is 18.2 Å². The SMILES string of the molecule is COC(=O)C1=C(NCC(C)NC(=O)OC(C)(C)C)c2cc(OC)ccc2S1=O. The molecule has 2 unspecified atom stereocenters. The maximum Gasteiger partial charge on any atom is 0.407 e. The van der Waals surface area contributed by atoms with Crippen LogP contribution in [0.5, 0.6) is 5.75 Å². The van der Waals surface area contributed by atoms with Crippen LogP contribution in [-0.2, 0) is 25.1 Å². The first kappa shape index (κ1) is 21.7. The first-order valence-corrected chi connectivity index (χ1v) is 9.88. The lowest BCUT2D eigenvalue weighted by Gasteiger charge is -2.22. The van der Waals surface area contributed by atoms with Gasteiger partial charge in [-0.05, 0) is 45.9 Å². The van der Waals surface area contributed by atoms with Crippen LogP contribution in [0, 0.1) is 0 Å². The van der Waals surface area contributed by atoms with E-state index in [2.05, 4.69) is 10.6 Å². The lowest BCUT2D eigenvalue weighted by atomic mass is 10.1. The summed E-state index contributed by atoms with van der Waals surface area (Å²) in [4.78, 5) is 24.6. The van der Waals surface area contributed by atoms with Crippen LogP contribution in [-0.4, -0.2) is 48.7 Å². The Morgan fingerprint density at radius 1 is 1.21 bits per heavy atom. The average Bonchev–Trinajstić information content (AvgIpc) is 2.89. The number of amides is 1. The Hall–Kier alpha value is -2.55. The molecule has 0 fully saturated rings. The predicted molar refractivity (Wildman–Crippen MR) is 105 cm³/mol. The minimum atomic E-state index is -1.67. The summed E-state index contributed by atoms with van der Waals surface area (Å²) in [6.45, 7) is 7.40. The molecular weight excluding hydrogens is 384 g/mol. The number of benzene rings is 1. The van der Waals surface area contributed by atoms with E-state index in [4.69, 9.17) is 14.2 Å². The molecule has 2 N–H and O–H groups in total. The van der Waals surface area contributed by atoms with E-state index in [9.17, 15) is 13.8 Å². The molecule has 1 amide bonds. The molecule has 8 nitrogen and oxygen atoms in total. The molecule has 0 bridgehead atoms. The quantitative estimate of drug-likeness (QED) is 0.693. The first-order chi connectivity index (χ1) is 13.1. The second kappa shape index (κ2) is 8.64. The van der Waals surface area contributed by atoms with Crippen molar-refractivity contribution in [1.82, 2.24) is 10.6 Å². The largest absolute Gasteiger partial charge is 0.497 e. The Bertz CT molecular complexity index is 828. The van der Waals surface area contributed by atoms with Crippen LogP contribution in [0.2, 0.25) is 0 Å². The number of carbonyl (C=O) groups excluding carboxylic acids is 2. The van der Waals surface area contributed by atoms with Gasteiger partial charge in [-0.25, -0.2) is 13.8 Å². The zero-order chi connectivity index (χ0) is 21.1. The predicted octanol–water partition coefficient (Wildman–Crippen LogP) is 2.16. The Balaban J connectivity index is 2.21. The third-order valence-corrected chi connectivity index (χ3v) is 5.28. The van der Waals surface area contributed by atoms with Crippen LogP contribution in [0.3, 0.4) is 0 Å². The van der Waals surface area contributed by atoms with E-state index in [1.54, 1.807) is 45.9 Å². The number of fused-ring (bicyclic) bond motifs is 1. The van der Waals surface area contributed by atoms with Gasteiger partial charge in [0.1, 0.15) is 11.4 Å². The summed E-state index contributed by atoms with van der Waals surface area (Å²) in [6, 6.07) is 4.73. The second-order valence-electron chi connectivity index (χ2n) is 7.25. The van der Waals surface area contributed by atoms with Gasteiger partial charge in [-0.2, -0.15) is 0 Å². The molecule has 2 rings (SSSR count). The van der Waals surface area contributed by atoms with Crippen molar-refractivity contribution < 1.29 is 28.0 Å². The van der Waals surface area contributed by atoms with Crippen molar-refractivity contribution in [1.29, 1.82) is 0 Å². The number of ether oxygens (including phenoxy) is 3. The fourth-order valence-corrected chi connectivity index (χ4v) is 3.95. The van der Waals surface area contributed by atoms with E-state index in [1.165, 1.54) is 14.2 Å². The number of nitrogens with one attached hydrogen (secondary N) is 2.